The van der Waals surface area contributed by atoms with E-state index in [0.717, 1.165) is 12.8 Å². The zero-order valence-electron chi connectivity index (χ0n) is 10.7. The Kier molecular flexibility index (Phi) is 4.12. The number of furan rings is 1. The molecule has 100 valence electrons. The first-order valence-electron chi connectivity index (χ1n) is 6.18. The van der Waals surface area contributed by atoms with Crippen LogP contribution < -0.4 is 5.32 Å². The third-order valence-electron chi connectivity index (χ3n) is 3.51. The number of esters is 1. The van der Waals surface area contributed by atoms with Gasteiger partial charge in [-0.3, -0.25) is 5.32 Å². The van der Waals surface area contributed by atoms with Crippen LogP contribution in [0.1, 0.15) is 38.4 Å². The van der Waals surface area contributed by atoms with E-state index in [1.54, 1.807) is 12.1 Å². The molecule has 1 aromatic rings. The zero-order valence-corrected chi connectivity index (χ0v) is 12.2. The molecule has 2 rings (SSSR count). The summed E-state index contributed by atoms with van der Waals surface area (Å²) in [5.41, 5.74) is -0.921. The molecule has 1 aliphatic rings. The normalized spacial score (nSPS) is 19.7. The fraction of sp³-hybridized carbons (Fsp3) is 0.615. The topological polar surface area (TPSA) is 51.5 Å². The van der Waals surface area contributed by atoms with Crippen molar-refractivity contribution in [3.05, 3.63) is 22.6 Å². The summed E-state index contributed by atoms with van der Waals surface area (Å²) in [6.07, 6.45) is 4.59. The summed E-state index contributed by atoms with van der Waals surface area (Å²) < 4.78 is 11.1. The van der Waals surface area contributed by atoms with Crippen molar-refractivity contribution in [1.82, 2.24) is 5.32 Å². The number of halogens is 1. The van der Waals surface area contributed by atoms with Gasteiger partial charge in [0.05, 0.1) is 7.11 Å². The molecule has 5 heteroatoms. The molecule has 1 aromatic heterocycles. The molecule has 0 spiro atoms. The molecule has 1 atom stereocenters. The SMILES string of the molecule is COC(=O)C(C)(NC1CCCC1)c1ccc(Br)o1. The molecule has 18 heavy (non-hydrogen) atoms. The molecule has 0 saturated heterocycles. The second-order valence-corrected chi connectivity index (χ2v) is 5.63. The smallest absolute Gasteiger partial charge is 0.333 e. The number of hydrogen-bond donors (Lipinski definition) is 1. The first-order valence-corrected chi connectivity index (χ1v) is 6.97. The Hall–Kier alpha value is -0.810. The number of ether oxygens (including phenoxy) is 1. The lowest BCUT2D eigenvalue weighted by atomic mass is 9.97. The van der Waals surface area contributed by atoms with Crippen molar-refractivity contribution in [3.63, 3.8) is 0 Å². The monoisotopic (exact) mass is 315 g/mol. The van der Waals surface area contributed by atoms with Crippen LogP contribution >= 0.6 is 15.9 Å². The van der Waals surface area contributed by atoms with E-state index in [1.165, 1.54) is 20.0 Å². The molecule has 1 heterocycles. The van der Waals surface area contributed by atoms with E-state index in [4.69, 9.17) is 9.15 Å². The molecule has 1 saturated carbocycles. The Morgan fingerprint density at radius 2 is 2.17 bits per heavy atom. The largest absolute Gasteiger partial charge is 0.467 e. The maximum atomic E-state index is 12.1. The Morgan fingerprint density at radius 1 is 1.50 bits per heavy atom. The lowest BCUT2D eigenvalue weighted by molar-refractivity contribution is -0.149. The molecular formula is C13H18BrNO3. The van der Waals surface area contributed by atoms with Crippen LogP contribution in [-0.2, 0) is 15.1 Å². The fourth-order valence-corrected chi connectivity index (χ4v) is 2.80. The van der Waals surface area contributed by atoms with Gasteiger partial charge in [-0.25, -0.2) is 4.79 Å². The number of carbonyl (C=O) groups excluding carboxylic acids is 1. The number of hydrogen-bond acceptors (Lipinski definition) is 4. The Morgan fingerprint density at radius 3 is 2.67 bits per heavy atom. The number of nitrogens with one attached hydrogen (secondary N) is 1. The molecule has 1 N–H and O–H groups in total. The quantitative estimate of drug-likeness (QED) is 0.868. The third-order valence-corrected chi connectivity index (χ3v) is 3.93. The molecule has 1 unspecified atom stereocenters. The van der Waals surface area contributed by atoms with E-state index in [1.807, 2.05) is 6.92 Å². The lowest BCUT2D eigenvalue weighted by Crippen LogP contribution is -2.51. The van der Waals surface area contributed by atoms with Crippen molar-refractivity contribution in [2.75, 3.05) is 7.11 Å². The zero-order chi connectivity index (χ0) is 13.2. The summed E-state index contributed by atoms with van der Waals surface area (Å²) in [5, 5.41) is 3.38. The van der Waals surface area contributed by atoms with Crippen LogP contribution in [0.2, 0.25) is 0 Å². The van der Waals surface area contributed by atoms with Crippen LogP contribution in [0.3, 0.4) is 0 Å². The summed E-state index contributed by atoms with van der Waals surface area (Å²) in [4.78, 5) is 12.1. The second kappa shape index (κ2) is 5.45. The van der Waals surface area contributed by atoms with Gasteiger partial charge in [-0.1, -0.05) is 12.8 Å². The fourth-order valence-electron chi connectivity index (χ4n) is 2.50. The van der Waals surface area contributed by atoms with Crippen LogP contribution in [0.4, 0.5) is 0 Å². The van der Waals surface area contributed by atoms with E-state index in [-0.39, 0.29) is 5.97 Å². The molecule has 1 aliphatic carbocycles. The van der Waals surface area contributed by atoms with Gasteiger partial charge in [0.15, 0.2) is 10.2 Å². The van der Waals surface area contributed by atoms with Crippen molar-refractivity contribution in [2.24, 2.45) is 0 Å². The molecule has 0 aromatic carbocycles. The minimum atomic E-state index is -0.921. The summed E-state index contributed by atoms with van der Waals surface area (Å²) in [6.45, 7) is 1.81. The van der Waals surface area contributed by atoms with Gasteiger partial charge in [0.25, 0.3) is 0 Å². The molecule has 0 aliphatic heterocycles. The van der Waals surface area contributed by atoms with Gasteiger partial charge in [-0.2, -0.15) is 0 Å². The Balaban J connectivity index is 2.24. The summed E-state index contributed by atoms with van der Waals surface area (Å²) in [6, 6.07) is 3.92. The first-order chi connectivity index (χ1) is 8.56. The van der Waals surface area contributed by atoms with Crippen molar-refractivity contribution in [3.8, 4) is 0 Å². The van der Waals surface area contributed by atoms with Crippen LogP contribution in [-0.4, -0.2) is 19.1 Å². The number of methoxy groups -OCH3 is 1. The van der Waals surface area contributed by atoms with E-state index in [2.05, 4.69) is 21.2 Å². The predicted octanol–water partition coefficient (Wildman–Crippen LogP) is 2.96. The highest BCUT2D eigenvalue weighted by Gasteiger charge is 2.41. The van der Waals surface area contributed by atoms with Gasteiger partial charge in [0, 0.05) is 6.04 Å². The maximum Gasteiger partial charge on any atom is 0.333 e. The standard InChI is InChI=1S/C13H18BrNO3/c1-13(12(16)17-2,10-7-8-11(14)18-10)15-9-5-3-4-6-9/h7-9,15H,3-6H2,1-2H3. The Labute approximate surface area is 115 Å². The van der Waals surface area contributed by atoms with E-state index in [0.29, 0.717) is 16.5 Å². The van der Waals surface area contributed by atoms with Crippen LogP contribution in [0.15, 0.2) is 21.2 Å². The van der Waals surface area contributed by atoms with Gasteiger partial charge in [0.1, 0.15) is 5.76 Å². The lowest BCUT2D eigenvalue weighted by Gasteiger charge is -2.29. The first kappa shape index (κ1) is 13.6. The minimum Gasteiger partial charge on any atom is -0.467 e. The van der Waals surface area contributed by atoms with E-state index < -0.39 is 5.54 Å². The van der Waals surface area contributed by atoms with Crippen molar-refractivity contribution >= 4 is 21.9 Å². The average Bonchev–Trinajstić information content (AvgIpc) is 2.99. The summed E-state index contributed by atoms with van der Waals surface area (Å²) in [5.74, 6) is 0.254. The Bertz CT molecular complexity index is 426. The van der Waals surface area contributed by atoms with Gasteiger partial charge >= 0.3 is 5.97 Å². The summed E-state index contributed by atoms with van der Waals surface area (Å²) in [7, 11) is 1.40. The molecular weight excluding hydrogens is 298 g/mol. The van der Waals surface area contributed by atoms with Crippen LogP contribution in [0.5, 0.6) is 0 Å². The third kappa shape index (κ3) is 2.62. The highest BCUT2D eigenvalue weighted by Crippen LogP contribution is 2.30. The number of carbonyl (C=O) groups is 1. The van der Waals surface area contributed by atoms with Gasteiger partial charge in [-0.15, -0.1) is 0 Å². The second-order valence-electron chi connectivity index (χ2n) is 4.85. The van der Waals surface area contributed by atoms with E-state index in [9.17, 15) is 4.79 Å². The van der Waals surface area contributed by atoms with Crippen LogP contribution in [0.25, 0.3) is 0 Å². The average molecular weight is 316 g/mol. The highest BCUT2D eigenvalue weighted by molar-refractivity contribution is 9.10. The molecule has 0 amide bonds. The van der Waals surface area contributed by atoms with Gasteiger partial charge in [0.2, 0.25) is 0 Å². The number of rotatable bonds is 4. The highest BCUT2D eigenvalue weighted by atomic mass is 79.9. The van der Waals surface area contributed by atoms with Crippen molar-refractivity contribution in [2.45, 2.75) is 44.2 Å². The van der Waals surface area contributed by atoms with Gasteiger partial charge in [-0.05, 0) is 47.8 Å². The molecule has 0 bridgehead atoms. The predicted molar refractivity (Wildman–Crippen MR) is 71.2 cm³/mol. The van der Waals surface area contributed by atoms with Crippen LogP contribution in [0, 0.1) is 0 Å². The van der Waals surface area contributed by atoms with E-state index >= 15 is 0 Å². The minimum absolute atomic E-state index is 0.323. The molecule has 4 nitrogen and oxygen atoms in total. The van der Waals surface area contributed by atoms with Crippen molar-refractivity contribution in [1.29, 1.82) is 0 Å². The summed E-state index contributed by atoms with van der Waals surface area (Å²) >= 11 is 3.26. The van der Waals surface area contributed by atoms with Gasteiger partial charge < -0.3 is 9.15 Å². The molecule has 1 fully saturated rings. The molecule has 0 radical (unpaired) electrons. The maximum absolute atomic E-state index is 12.1. The van der Waals surface area contributed by atoms with Crippen molar-refractivity contribution < 1.29 is 13.9 Å².